The zero-order valence-electron chi connectivity index (χ0n) is 15.0. The lowest BCUT2D eigenvalue weighted by Crippen LogP contribution is -2.29. The van der Waals surface area contributed by atoms with Crippen molar-refractivity contribution < 1.29 is 28.9 Å². The molecule has 0 aromatic carbocycles. The third-order valence-electron chi connectivity index (χ3n) is 2.70. The van der Waals surface area contributed by atoms with Gasteiger partial charge in [-0.15, -0.1) is 0 Å². The van der Waals surface area contributed by atoms with E-state index in [1.165, 1.54) is 6.20 Å². The van der Waals surface area contributed by atoms with Gasteiger partial charge in [0.2, 0.25) is 0 Å². The lowest BCUT2D eigenvalue weighted by atomic mass is 9.84. The number of pyridine rings is 1. The lowest BCUT2D eigenvalue weighted by Gasteiger charge is -2.29. The number of nitrogens with one attached hydrogen (secondary N) is 1. The van der Waals surface area contributed by atoms with Gasteiger partial charge in [0.15, 0.2) is 0 Å². The Kier molecular flexibility index (Phi) is 7.15. The molecular formula is C16H25FN2O5. The van der Waals surface area contributed by atoms with Crippen molar-refractivity contribution in [3.8, 4) is 0 Å². The Bertz CT molecular complexity index is 592. The van der Waals surface area contributed by atoms with Crippen molar-refractivity contribution >= 4 is 18.1 Å². The molecule has 1 aromatic heterocycles. The van der Waals surface area contributed by atoms with Crippen LogP contribution in [-0.2, 0) is 10.2 Å². The summed E-state index contributed by atoms with van der Waals surface area (Å²) in [6.07, 6.45) is -2.33. The second kappa shape index (κ2) is 7.94. The van der Waals surface area contributed by atoms with Gasteiger partial charge in [0, 0.05) is 11.1 Å². The number of ether oxygens (including phenoxy) is 1. The highest BCUT2D eigenvalue weighted by Crippen LogP contribution is 2.33. The molecule has 0 aliphatic heterocycles. The highest BCUT2D eigenvalue weighted by molar-refractivity contribution is 5.74. The number of anilines is 1. The first-order valence-corrected chi connectivity index (χ1v) is 7.22. The molecule has 0 saturated carbocycles. The molecule has 0 radical (unpaired) electrons. The van der Waals surface area contributed by atoms with Gasteiger partial charge in [-0.2, -0.15) is 0 Å². The fourth-order valence-electron chi connectivity index (χ4n) is 2.02. The highest BCUT2D eigenvalue weighted by atomic mass is 19.1. The summed E-state index contributed by atoms with van der Waals surface area (Å²) in [6, 6.07) is 0. The monoisotopic (exact) mass is 344 g/mol. The van der Waals surface area contributed by atoms with Gasteiger partial charge in [0.1, 0.15) is 11.6 Å². The second-order valence-corrected chi connectivity index (χ2v) is 7.21. The Morgan fingerprint density at radius 2 is 1.58 bits per heavy atom. The standard InChI is InChI=1S/C14H23FN2.C2H2O5/c1-9-10(15)8-16-12(17-14(5,6)7)11(9)13(2,3)4;3-1(4)7-2(5)6/h8H,1-7H3,(H,16,17);(H,3,4)(H,5,6). The van der Waals surface area contributed by atoms with Gasteiger partial charge in [0.05, 0.1) is 6.20 Å². The Balaban J connectivity index is 0.000000640. The maximum absolute atomic E-state index is 13.6. The molecular weight excluding hydrogens is 319 g/mol. The van der Waals surface area contributed by atoms with E-state index in [4.69, 9.17) is 10.2 Å². The molecule has 0 aliphatic rings. The summed E-state index contributed by atoms with van der Waals surface area (Å²) < 4.78 is 16.7. The minimum absolute atomic E-state index is 0.0860. The van der Waals surface area contributed by atoms with E-state index in [9.17, 15) is 14.0 Å². The van der Waals surface area contributed by atoms with E-state index in [0.29, 0.717) is 5.56 Å². The summed E-state index contributed by atoms with van der Waals surface area (Å²) in [5.41, 5.74) is 1.41. The average molecular weight is 344 g/mol. The van der Waals surface area contributed by atoms with E-state index in [2.05, 4.69) is 56.6 Å². The van der Waals surface area contributed by atoms with Crippen LogP contribution in [0, 0.1) is 12.7 Å². The van der Waals surface area contributed by atoms with Crippen LogP contribution < -0.4 is 5.32 Å². The molecule has 0 amide bonds. The molecule has 0 fully saturated rings. The Morgan fingerprint density at radius 1 is 1.12 bits per heavy atom. The van der Waals surface area contributed by atoms with E-state index >= 15 is 0 Å². The van der Waals surface area contributed by atoms with E-state index in [-0.39, 0.29) is 16.8 Å². The quantitative estimate of drug-likeness (QED) is 0.512. The number of rotatable bonds is 1. The van der Waals surface area contributed by atoms with Crippen LogP contribution in [-0.4, -0.2) is 33.0 Å². The van der Waals surface area contributed by atoms with E-state index < -0.39 is 12.3 Å². The SMILES string of the molecule is Cc1c(F)cnc(NC(C)(C)C)c1C(C)(C)C.O=C(O)OC(=O)O. The number of carboxylic acid groups (broad SMARTS) is 2. The van der Waals surface area contributed by atoms with Gasteiger partial charge in [-0.05, 0) is 38.7 Å². The molecule has 0 spiro atoms. The van der Waals surface area contributed by atoms with Crippen molar-refractivity contribution in [1.82, 2.24) is 4.98 Å². The Morgan fingerprint density at radius 3 is 1.88 bits per heavy atom. The summed E-state index contributed by atoms with van der Waals surface area (Å²) in [6.45, 7) is 14.2. The maximum Gasteiger partial charge on any atom is 0.516 e. The number of aromatic nitrogens is 1. The van der Waals surface area contributed by atoms with Crippen LogP contribution in [0.15, 0.2) is 6.20 Å². The number of nitrogens with zero attached hydrogens (tertiary/aromatic N) is 1. The van der Waals surface area contributed by atoms with Crippen LogP contribution in [0.25, 0.3) is 0 Å². The molecule has 8 heteroatoms. The first-order chi connectivity index (χ1) is 10.6. The normalized spacial score (nSPS) is 11.2. The smallest absolute Gasteiger partial charge is 0.449 e. The van der Waals surface area contributed by atoms with Crippen molar-refractivity contribution in [2.24, 2.45) is 0 Å². The topological polar surface area (TPSA) is 109 Å². The van der Waals surface area contributed by atoms with Crippen LogP contribution in [0.5, 0.6) is 0 Å². The molecule has 1 aromatic rings. The van der Waals surface area contributed by atoms with Crippen LogP contribution >= 0.6 is 0 Å². The molecule has 3 N–H and O–H groups in total. The molecule has 1 heterocycles. The molecule has 0 bridgehead atoms. The minimum Gasteiger partial charge on any atom is -0.449 e. The fraction of sp³-hybridized carbons (Fsp3) is 0.562. The predicted octanol–water partition coefficient (Wildman–Crippen LogP) is 4.40. The molecule has 0 saturated heterocycles. The first-order valence-electron chi connectivity index (χ1n) is 7.22. The third kappa shape index (κ3) is 7.75. The summed E-state index contributed by atoms with van der Waals surface area (Å²) in [5, 5.41) is 18.3. The second-order valence-electron chi connectivity index (χ2n) is 7.21. The Hall–Kier alpha value is -2.38. The van der Waals surface area contributed by atoms with Crippen molar-refractivity contribution in [3.05, 3.63) is 23.1 Å². The number of carbonyl (C=O) groups is 2. The fourth-order valence-corrected chi connectivity index (χ4v) is 2.02. The van der Waals surface area contributed by atoms with Crippen molar-refractivity contribution in [3.63, 3.8) is 0 Å². The zero-order chi connectivity index (χ0) is 19.3. The lowest BCUT2D eigenvalue weighted by molar-refractivity contribution is 0.0802. The van der Waals surface area contributed by atoms with Crippen LogP contribution in [0.1, 0.15) is 52.7 Å². The Labute approximate surface area is 140 Å². The minimum atomic E-state index is -1.81. The number of halogens is 1. The van der Waals surface area contributed by atoms with Crippen LogP contribution in [0.2, 0.25) is 0 Å². The molecule has 136 valence electrons. The molecule has 0 aliphatic carbocycles. The highest BCUT2D eigenvalue weighted by Gasteiger charge is 2.25. The van der Waals surface area contributed by atoms with E-state index in [1.807, 2.05) is 6.92 Å². The van der Waals surface area contributed by atoms with Gasteiger partial charge in [0.25, 0.3) is 0 Å². The van der Waals surface area contributed by atoms with Crippen molar-refractivity contribution in [2.75, 3.05) is 5.32 Å². The van der Waals surface area contributed by atoms with Gasteiger partial charge in [-0.1, -0.05) is 20.8 Å². The predicted molar refractivity (Wildman–Crippen MR) is 88.1 cm³/mol. The molecule has 0 atom stereocenters. The zero-order valence-corrected chi connectivity index (χ0v) is 15.0. The molecule has 24 heavy (non-hydrogen) atoms. The van der Waals surface area contributed by atoms with Gasteiger partial charge >= 0.3 is 12.3 Å². The van der Waals surface area contributed by atoms with Crippen LogP contribution in [0.3, 0.4) is 0 Å². The third-order valence-corrected chi connectivity index (χ3v) is 2.70. The molecule has 1 rings (SSSR count). The summed E-state index contributed by atoms with van der Waals surface area (Å²) in [4.78, 5) is 22.6. The van der Waals surface area contributed by atoms with Crippen molar-refractivity contribution in [1.29, 1.82) is 0 Å². The number of hydrogen-bond acceptors (Lipinski definition) is 5. The van der Waals surface area contributed by atoms with Crippen molar-refractivity contribution in [2.45, 2.75) is 59.4 Å². The van der Waals surface area contributed by atoms with E-state index in [1.54, 1.807) is 0 Å². The van der Waals surface area contributed by atoms with Crippen LogP contribution in [0.4, 0.5) is 19.8 Å². The van der Waals surface area contributed by atoms with Gasteiger partial charge < -0.3 is 20.3 Å². The van der Waals surface area contributed by atoms with Gasteiger partial charge in [-0.3, -0.25) is 0 Å². The van der Waals surface area contributed by atoms with E-state index in [0.717, 1.165) is 11.4 Å². The summed E-state index contributed by atoms with van der Waals surface area (Å²) in [7, 11) is 0. The maximum atomic E-state index is 13.6. The van der Waals surface area contributed by atoms with Gasteiger partial charge in [-0.25, -0.2) is 19.0 Å². The largest absolute Gasteiger partial charge is 0.516 e. The average Bonchev–Trinajstić information content (AvgIpc) is 2.29. The number of hydrogen-bond donors (Lipinski definition) is 3. The molecule has 7 nitrogen and oxygen atoms in total. The first kappa shape index (κ1) is 21.6. The summed E-state index contributed by atoms with van der Waals surface area (Å²) >= 11 is 0. The molecule has 0 unspecified atom stereocenters. The summed E-state index contributed by atoms with van der Waals surface area (Å²) in [5.74, 6) is 0.540.